The van der Waals surface area contributed by atoms with E-state index in [1.807, 2.05) is 24.3 Å². The van der Waals surface area contributed by atoms with Crippen LogP contribution in [0.3, 0.4) is 0 Å². The maximum absolute atomic E-state index is 12.2. The van der Waals surface area contributed by atoms with Gasteiger partial charge in [0.15, 0.2) is 11.4 Å². The number of anilines is 1. The number of fused-ring (bicyclic) bond motifs is 1. The summed E-state index contributed by atoms with van der Waals surface area (Å²) in [6.45, 7) is 1.44. The topological polar surface area (TPSA) is 72.2 Å². The molecule has 5 nitrogen and oxygen atoms in total. The monoisotopic (exact) mass is 326 g/mol. The van der Waals surface area contributed by atoms with E-state index in [1.165, 1.54) is 18.7 Å². The molecule has 23 heavy (non-hydrogen) atoms. The number of Topliss-reactive ketones (excluding diaryl/α,β-unsaturated/α-hetero) is 1. The van der Waals surface area contributed by atoms with E-state index in [1.54, 1.807) is 24.3 Å². The minimum atomic E-state index is -0.143. The highest BCUT2D eigenvalue weighted by Crippen LogP contribution is 2.24. The summed E-state index contributed by atoms with van der Waals surface area (Å²) in [5, 5.41) is 3.14. The molecule has 116 valence electrons. The van der Waals surface area contributed by atoms with E-state index in [9.17, 15) is 9.59 Å². The van der Waals surface area contributed by atoms with E-state index >= 15 is 0 Å². The molecule has 3 rings (SSSR count). The normalized spacial score (nSPS) is 10.7. The fourth-order valence-corrected chi connectivity index (χ4v) is 2.80. The van der Waals surface area contributed by atoms with Gasteiger partial charge in [-0.2, -0.15) is 0 Å². The number of amides is 1. The first-order chi connectivity index (χ1) is 11.1. The SMILES string of the molecule is CC(=O)Nc1ccc(C(=O)CSc2nc3ccccc3o2)cc1. The molecule has 1 heterocycles. The van der Waals surface area contributed by atoms with Crippen LogP contribution in [0, 0.1) is 0 Å². The molecule has 0 saturated heterocycles. The molecule has 3 aromatic rings. The molecule has 0 aliphatic heterocycles. The lowest BCUT2D eigenvalue weighted by atomic mass is 10.1. The summed E-state index contributed by atoms with van der Waals surface area (Å²) in [4.78, 5) is 27.5. The summed E-state index contributed by atoms with van der Waals surface area (Å²) in [6.07, 6.45) is 0. The van der Waals surface area contributed by atoms with Gasteiger partial charge in [-0.15, -0.1) is 0 Å². The molecule has 6 heteroatoms. The van der Waals surface area contributed by atoms with E-state index in [4.69, 9.17) is 4.42 Å². The molecule has 2 aromatic carbocycles. The Hall–Kier alpha value is -2.60. The lowest BCUT2D eigenvalue weighted by Crippen LogP contribution is -2.07. The highest BCUT2D eigenvalue weighted by Gasteiger charge is 2.11. The molecule has 0 aliphatic rings. The lowest BCUT2D eigenvalue weighted by Gasteiger charge is -2.03. The third kappa shape index (κ3) is 3.78. The second kappa shape index (κ2) is 6.66. The molecule has 0 fully saturated rings. The van der Waals surface area contributed by atoms with Gasteiger partial charge in [0.2, 0.25) is 5.91 Å². The summed E-state index contributed by atoms with van der Waals surface area (Å²) >= 11 is 1.27. The van der Waals surface area contributed by atoms with Crippen molar-refractivity contribution in [3.8, 4) is 0 Å². The first-order valence-corrected chi connectivity index (χ1v) is 7.99. The van der Waals surface area contributed by atoms with Crippen molar-refractivity contribution in [2.24, 2.45) is 0 Å². The van der Waals surface area contributed by atoms with Crippen LogP contribution >= 0.6 is 11.8 Å². The van der Waals surface area contributed by atoms with Gasteiger partial charge in [-0.3, -0.25) is 9.59 Å². The van der Waals surface area contributed by atoms with Crippen LogP contribution < -0.4 is 5.32 Å². The zero-order valence-corrected chi connectivity index (χ0v) is 13.2. The number of nitrogens with zero attached hydrogens (tertiary/aromatic N) is 1. The number of aromatic nitrogens is 1. The van der Waals surface area contributed by atoms with Crippen LogP contribution in [-0.2, 0) is 4.79 Å². The third-order valence-corrected chi connectivity index (χ3v) is 3.96. The van der Waals surface area contributed by atoms with Gasteiger partial charge in [-0.1, -0.05) is 23.9 Å². The Bertz CT molecular complexity index is 823. The lowest BCUT2D eigenvalue weighted by molar-refractivity contribution is -0.114. The molecule has 0 radical (unpaired) electrons. The standard InChI is InChI=1S/C17H14N2O3S/c1-11(20)18-13-8-6-12(7-9-13)15(21)10-23-17-19-14-4-2-3-5-16(14)22-17/h2-9H,10H2,1H3,(H,18,20). The van der Waals surface area contributed by atoms with Crippen molar-refractivity contribution in [1.29, 1.82) is 0 Å². The van der Waals surface area contributed by atoms with Crippen molar-refractivity contribution in [3.63, 3.8) is 0 Å². The van der Waals surface area contributed by atoms with Gasteiger partial charge in [0.25, 0.3) is 5.22 Å². The highest BCUT2D eigenvalue weighted by molar-refractivity contribution is 7.99. The zero-order valence-electron chi connectivity index (χ0n) is 12.4. The van der Waals surface area contributed by atoms with E-state index in [0.29, 0.717) is 22.1 Å². The smallest absolute Gasteiger partial charge is 0.257 e. The molecule has 0 aliphatic carbocycles. The number of carbonyl (C=O) groups excluding carboxylic acids is 2. The summed E-state index contributed by atoms with van der Waals surface area (Å²) < 4.78 is 5.57. The second-order valence-electron chi connectivity index (χ2n) is 4.92. The Kier molecular flexibility index (Phi) is 4.43. The fraction of sp³-hybridized carbons (Fsp3) is 0.118. The van der Waals surface area contributed by atoms with Crippen molar-refractivity contribution in [3.05, 3.63) is 54.1 Å². The number of benzene rings is 2. The number of para-hydroxylation sites is 2. The van der Waals surface area contributed by atoms with E-state index in [-0.39, 0.29) is 17.4 Å². The van der Waals surface area contributed by atoms with Gasteiger partial charge in [-0.05, 0) is 36.4 Å². The van der Waals surface area contributed by atoms with E-state index in [2.05, 4.69) is 10.3 Å². The van der Waals surface area contributed by atoms with E-state index < -0.39 is 0 Å². The van der Waals surface area contributed by atoms with Crippen molar-refractivity contribution in [2.45, 2.75) is 12.1 Å². The van der Waals surface area contributed by atoms with Crippen LogP contribution in [0.2, 0.25) is 0 Å². The molecule has 1 N–H and O–H groups in total. The molecule has 0 atom stereocenters. The second-order valence-corrected chi connectivity index (χ2v) is 5.84. The minimum Gasteiger partial charge on any atom is -0.431 e. The van der Waals surface area contributed by atoms with E-state index in [0.717, 1.165) is 5.52 Å². The maximum atomic E-state index is 12.2. The Balaban J connectivity index is 1.63. The van der Waals surface area contributed by atoms with Gasteiger partial charge in [0, 0.05) is 18.2 Å². The largest absolute Gasteiger partial charge is 0.431 e. The van der Waals surface area contributed by atoms with Crippen molar-refractivity contribution in [2.75, 3.05) is 11.1 Å². The summed E-state index contributed by atoms with van der Waals surface area (Å²) in [7, 11) is 0. The Morgan fingerprint density at radius 1 is 1.13 bits per heavy atom. The zero-order chi connectivity index (χ0) is 16.2. The Labute approximate surface area is 137 Å². The molecule has 0 unspecified atom stereocenters. The maximum Gasteiger partial charge on any atom is 0.257 e. The fourth-order valence-electron chi connectivity index (χ4n) is 2.07. The number of hydrogen-bond acceptors (Lipinski definition) is 5. The summed E-state index contributed by atoms with van der Waals surface area (Å²) in [5.74, 6) is 0.0778. The highest BCUT2D eigenvalue weighted by atomic mass is 32.2. The van der Waals surface area contributed by atoms with Gasteiger partial charge >= 0.3 is 0 Å². The van der Waals surface area contributed by atoms with Crippen LogP contribution in [0.4, 0.5) is 5.69 Å². The van der Waals surface area contributed by atoms with Gasteiger partial charge in [-0.25, -0.2) is 4.98 Å². The van der Waals surface area contributed by atoms with Gasteiger partial charge < -0.3 is 9.73 Å². The number of hydrogen-bond donors (Lipinski definition) is 1. The average Bonchev–Trinajstić information content (AvgIpc) is 2.95. The molecular weight excluding hydrogens is 312 g/mol. The van der Waals surface area contributed by atoms with Crippen LogP contribution in [0.1, 0.15) is 17.3 Å². The van der Waals surface area contributed by atoms with Crippen LogP contribution in [0.5, 0.6) is 0 Å². The number of nitrogens with one attached hydrogen (secondary N) is 1. The molecule has 1 aromatic heterocycles. The van der Waals surface area contributed by atoms with Crippen molar-refractivity contribution >= 4 is 40.2 Å². The Morgan fingerprint density at radius 3 is 2.57 bits per heavy atom. The van der Waals surface area contributed by atoms with Crippen LogP contribution in [0.25, 0.3) is 11.1 Å². The first-order valence-electron chi connectivity index (χ1n) is 7.01. The quantitative estimate of drug-likeness (QED) is 0.571. The molecule has 0 saturated carbocycles. The van der Waals surface area contributed by atoms with Crippen molar-refractivity contribution in [1.82, 2.24) is 4.98 Å². The molecule has 0 bridgehead atoms. The summed E-state index contributed by atoms with van der Waals surface area (Å²) in [5.41, 5.74) is 2.74. The molecule has 0 spiro atoms. The number of carbonyl (C=O) groups is 2. The predicted octanol–water partition coefficient (Wildman–Crippen LogP) is 3.76. The first kappa shape index (κ1) is 15.3. The van der Waals surface area contributed by atoms with Gasteiger partial charge in [0.1, 0.15) is 5.52 Å². The summed E-state index contributed by atoms with van der Waals surface area (Å²) in [6, 6.07) is 14.3. The predicted molar refractivity (Wildman–Crippen MR) is 89.8 cm³/mol. The Morgan fingerprint density at radius 2 is 1.87 bits per heavy atom. The molecular formula is C17H14N2O3S. The number of rotatable bonds is 5. The number of thioether (sulfide) groups is 1. The van der Waals surface area contributed by atoms with Crippen LogP contribution in [-0.4, -0.2) is 22.4 Å². The average molecular weight is 326 g/mol. The molecule has 1 amide bonds. The van der Waals surface area contributed by atoms with Gasteiger partial charge in [0.05, 0.1) is 5.75 Å². The third-order valence-electron chi connectivity index (χ3n) is 3.13. The number of ketones is 1. The number of oxazole rings is 1. The van der Waals surface area contributed by atoms with Crippen molar-refractivity contribution < 1.29 is 14.0 Å². The minimum absolute atomic E-state index is 0.0216. The van der Waals surface area contributed by atoms with Crippen LogP contribution in [0.15, 0.2) is 58.2 Å².